The Morgan fingerprint density at radius 1 is 0.920 bits per heavy atom. The van der Waals surface area contributed by atoms with E-state index in [0.29, 0.717) is 5.92 Å². The van der Waals surface area contributed by atoms with Crippen molar-refractivity contribution in [3.05, 3.63) is 11.6 Å². The molecule has 25 heavy (non-hydrogen) atoms. The first-order chi connectivity index (χ1) is 12.0. The minimum atomic E-state index is -0.242. The molecule has 0 radical (unpaired) electrons. The third-order valence-corrected chi connectivity index (χ3v) is 5.95. The molecule has 0 aromatic rings. The molecule has 3 nitrogen and oxygen atoms in total. The third kappa shape index (κ3) is 6.60. The van der Waals surface area contributed by atoms with Gasteiger partial charge >= 0.3 is 0 Å². The Kier molecular flexibility index (Phi) is 10.1. The van der Waals surface area contributed by atoms with Crippen molar-refractivity contribution in [2.75, 3.05) is 0 Å². The number of rotatable bonds is 14. The fraction of sp³-hybridized carbons (Fsp3) is 0.818. The van der Waals surface area contributed by atoms with Gasteiger partial charge in [-0.15, -0.1) is 0 Å². The van der Waals surface area contributed by atoms with Crippen molar-refractivity contribution in [3.63, 3.8) is 0 Å². The Morgan fingerprint density at radius 2 is 1.52 bits per heavy atom. The lowest BCUT2D eigenvalue weighted by Gasteiger charge is -2.38. The van der Waals surface area contributed by atoms with Crippen molar-refractivity contribution in [1.82, 2.24) is 5.32 Å². The van der Waals surface area contributed by atoms with Gasteiger partial charge in [-0.3, -0.25) is 14.9 Å². The highest BCUT2D eigenvalue weighted by Crippen LogP contribution is 2.45. The molecular formula is C22H39NO2. The molecule has 2 unspecified atom stereocenters. The second-order valence-electron chi connectivity index (χ2n) is 7.91. The van der Waals surface area contributed by atoms with Gasteiger partial charge in [0.25, 0.3) is 11.8 Å². The van der Waals surface area contributed by atoms with Crippen molar-refractivity contribution in [3.8, 4) is 0 Å². The number of amides is 2. The number of hydrogen-bond acceptors (Lipinski definition) is 2. The molecule has 144 valence electrons. The predicted molar refractivity (Wildman–Crippen MR) is 105 cm³/mol. The molecule has 0 bridgehead atoms. The lowest BCUT2D eigenvalue weighted by Crippen LogP contribution is -2.35. The van der Waals surface area contributed by atoms with E-state index in [1.165, 1.54) is 44.9 Å². The van der Waals surface area contributed by atoms with Crippen LogP contribution in [0, 0.1) is 11.3 Å². The van der Waals surface area contributed by atoms with E-state index in [0.717, 1.165) is 37.7 Å². The molecule has 0 spiro atoms. The van der Waals surface area contributed by atoms with E-state index in [2.05, 4.69) is 33.0 Å². The van der Waals surface area contributed by atoms with E-state index in [1.807, 2.05) is 0 Å². The summed E-state index contributed by atoms with van der Waals surface area (Å²) in [5, 5.41) is 2.45. The van der Waals surface area contributed by atoms with E-state index in [9.17, 15) is 9.59 Å². The maximum atomic E-state index is 12.3. The smallest absolute Gasteiger partial charge is 0.254 e. The van der Waals surface area contributed by atoms with Gasteiger partial charge in [-0.05, 0) is 18.8 Å². The average molecular weight is 350 g/mol. The van der Waals surface area contributed by atoms with Crippen molar-refractivity contribution in [1.29, 1.82) is 0 Å². The summed E-state index contributed by atoms with van der Waals surface area (Å²) < 4.78 is 0. The fourth-order valence-electron chi connectivity index (χ4n) is 4.34. The lowest BCUT2D eigenvalue weighted by atomic mass is 9.65. The summed E-state index contributed by atoms with van der Waals surface area (Å²) in [4.78, 5) is 24.0. The summed E-state index contributed by atoms with van der Waals surface area (Å²) >= 11 is 0. The Balaban J connectivity index is 2.62. The summed E-state index contributed by atoms with van der Waals surface area (Å²) in [5.74, 6) is 0.0556. The topological polar surface area (TPSA) is 46.2 Å². The Morgan fingerprint density at radius 3 is 2.00 bits per heavy atom. The van der Waals surface area contributed by atoms with Crippen LogP contribution in [0.2, 0.25) is 0 Å². The summed E-state index contributed by atoms with van der Waals surface area (Å²) in [5.41, 5.74) is 0.546. The largest absolute Gasteiger partial charge is 0.289 e. The van der Waals surface area contributed by atoms with Gasteiger partial charge in [0.2, 0.25) is 0 Å². The van der Waals surface area contributed by atoms with Crippen LogP contribution in [0.3, 0.4) is 0 Å². The summed E-state index contributed by atoms with van der Waals surface area (Å²) in [6.45, 7) is 8.87. The van der Waals surface area contributed by atoms with E-state index in [1.54, 1.807) is 6.08 Å². The average Bonchev–Trinajstić information content (AvgIpc) is 2.93. The molecule has 1 N–H and O–H groups in total. The van der Waals surface area contributed by atoms with Crippen LogP contribution in [0.25, 0.3) is 0 Å². The molecule has 2 amide bonds. The first kappa shape index (κ1) is 21.9. The molecule has 3 heteroatoms. The van der Waals surface area contributed by atoms with Crippen molar-refractivity contribution in [2.24, 2.45) is 11.3 Å². The Hall–Kier alpha value is -1.12. The molecule has 1 rings (SSSR count). The second kappa shape index (κ2) is 11.5. The zero-order chi connectivity index (χ0) is 18.7. The molecule has 1 aliphatic heterocycles. The van der Waals surface area contributed by atoms with Gasteiger partial charge in [-0.25, -0.2) is 0 Å². The molecule has 0 saturated carbocycles. The highest BCUT2D eigenvalue weighted by atomic mass is 16.2. The van der Waals surface area contributed by atoms with Crippen LogP contribution in [0.15, 0.2) is 11.6 Å². The highest BCUT2D eigenvalue weighted by Gasteiger charge is 2.41. The summed E-state index contributed by atoms with van der Waals surface area (Å²) in [7, 11) is 0. The van der Waals surface area contributed by atoms with Crippen LogP contribution < -0.4 is 5.32 Å². The van der Waals surface area contributed by atoms with Crippen molar-refractivity contribution >= 4 is 11.8 Å². The normalized spacial score (nSPS) is 18.0. The molecule has 1 heterocycles. The molecule has 2 atom stereocenters. The number of unbranched alkanes of at least 4 members (excludes halogenated alkanes) is 7. The SMILES string of the molecule is CCCCCCCCCCC(C)(C1=CC(=O)NC1=O)C(CC)CCC. The fourth-order valence-corrected chi connectivity index (χ4v) is 4.34. The molecular weight excluding hydrogens is 310 g/mol. The lowest BCUT2D eigenvalue weighted by molar-refractivity contribution is -0.124. The Bertz CT molecular complexity index is 455. The first-order valence-electron chi connectivity index (χ1n) is 10.6. The van der Waals surface area contributed by atoms with E-state index < -0.39 is 0 Å². The minimum Gasteiger partial charge on any atom is -0.289 e. The van der Waals surface area contributed by atoms with E-state index in [-0.39, 0.29) is 17.2 Å². The van der Waals surface area contributed by atoms with Crippen molar-refractivity contribution in [2.45, 2.75) is 105 Å². The molecule has 0 aromatic carbocycles. The van der Waals surface area contributed by atoms with Gasteiger partial charge in [0.1, 0.15) is 0 Å². The third-order valence-electron chi connectivity index (χ3n) is 5.95. The number of carbonyl (C=O) groups is 2. The molecule has 0 aliphatic carbocycles. The first-order valence-corrected chi connectivity index (χ1v) is 10.6. The number of nitrogens with one attached hydrogen (secondary N) is 1. The zero-order valence-corrected chi connectivity index (χ0v) is 17.0. The quantitative estimate of drug-likeness (QED) is 0.312. The minimum absolute atomic E-state index is 0.165. The summed E-state index contributed by atoms with van der Waals surface area (Å²) in [6, 6.07) is 0. The van der Waals surface area contributed by atoms with Crippen LogP contribution in [0.1, 0.15) is 105 Å². The molecule has 1 aliphatic rings. The predicted octanol–water partition coefficient (Wildman–Crippen LogP) is 5.93. The maximum Gasteiger partial charge on any atom is 0.254 e. The van der Waals surface area contributed by atoms with Crippen molar-refractivity contribution < 1.29 is 9.59 Å². The van der Waals surface area contributed by atoms with Crippen LogP contribution in [-0.2, 0) is 9.59 Å². The standard InChI is InChI=1S/C22H39NO2/c1-5-8-9-10-11-12-13-14-16-22(4,18(7-3)15-6-2)19-17-20(24)23-21(19)25/h17-18H,5-16H2,1-4H3,(H,23,24,25). The number of carbonyl (C=O) groups excluding carboxylic acids is 2. The zero-order valence-electron chi connectivity index (χ0n) is 17.0. The highest BCUT2D eigenvalue weighted by molar-refractivity contribution is 6.16. The van der Waals surface area contributed by atoms with Gasteiger partial charge < -0.3 is 0 Å². The second-order valence-corrected chi connectivity index (χ2v) is 7.91. The van der Waals surface area contributed by atoms with Gasteiger partial charge in [0, 0.05) is 17.1 Å². The van der Waals surface area contributed by atoms with Crippen LogP contribution >= 0.6 is 0 Å². The molecule has 0 fully saturated rings. The number of imide groups is 1. The van der Waals surface area contributed by atoms with E-state index >= 15 is 0 Å². The van der Waals surface area contributed by atoms with Gasteiger partial charge in [0.05, 0.1) is 0 Å². The monoisotopic (exact) mass is 349 g/mol. The van der Waals surface area contributed by atoms with Crippen LogP contribution in [-0.4, -0.2) is 11.8 Å². The summed E-state index contributed by atoms with van der Waals surface area (Å²) in [6.07, 6.45) is 16.2. The van der Waals surface area contributed by atoms with Gasteiger partial charge in [-0.2, -0.15) is 0 Å². The Labute approximate surface area is 155 Å². The van der Waals surface area contributed by atoms with E-state index in [4.69, 9.17) is 0 Å². The van der Waals surface area contributed by atoms with Crippen LogP contribution in [0.4, 0.5) is 0 Å². The van der Waals surface area contributed by atoms with Gasteiger partial charge in [-0.1, -0.05) is 91.9 Å². The maximum absolute atomic E-state index is 12.3. The number of hydrogen-bond donors (Lipinski definition) is 1. The van der Waals surface area contributed by atoms with Crippen LogP contribution in [0.5, 0.6) is 0 Å². The van der Waals surface area contributed by atoms with Gasteiger partial charge in [0.15, 0.2) is 0 Å². The molecule has 0 saturated heterocycles. The molecule has 0 aromatic heterocycles.